The summed E-state index contributed by atoms with van der Waals surface area (Å²) in [5.41, 5.74) is -0.709. The van der Waals surface area contributed by atoms with Gasteiger partial charge in [0.05, 0.1) is 5.60 Å². The lowest BCUT2D eigenvalue weighted by Gasteiger charge is -2.24. The molecule has 2 aromatic rings. The van der Waals surface area contributed by atoms with Gasteiger partial charge in [-0.25, -0.2) is 13.2 Å². The van der Waals surface area contributed by atoms with Crippen LogP contribution in [-0.2, 0) is 18.4 Å². The molecule has 20 heavy (non-hydrogen) atoms. The third kappa shape index (κ3) is 2.00. The fraction of sp³-hybridized carbons (Fsp3) is 0.250. The molecule has 0 aromatic heterocycles. The van der Waals surface area contributed by atoms with E-state index >= 15 is 0 Å². The molecule has 1 unspecified atom stereocenters. The summed E-state index contributed by atoms with van der Waals surface area (Å²) in [6, 6.07) is 8.04. The lowest BCUT2D eigenvalue weighted by atomic mass is 9.88. The van der Waals surface area contributed by atoms with E-state index in [1.807, 2.05) is 0 Å². The first-order valence-electron chi connectivity index (χ1n) is 6.44. The van der Waals surface area contributed by atoms with Crippen LogP contribution in [0.3, 0.4) is 0 Å². The van der Waals surface area contributed by atoms with Crippen LogP contribution in [0.5, 0.6) is 0 Å². The summed E-state index contributed by atoms with van der Waals surface area (Å²) in [5.74, 6) is -1.76. The SMILES string of the molecule is OC1(Cc2c(F)cccc2F)CCc2c(F)cccc21. The lowest BCUT2D eigenvalue weighted by molar-refractivity contribution is 0.0371. The van der Waals surface area contributed by atoms with Gasteiger partial charge in [0.2, 0.25) is 0 Å². The molecule has 1 aliphatic carbocycles. The molecular weight excluding hydrogens is 265 g/mol. The lowest BCUT2D eigenvalue weighted by Crippen LogP contribution is -2.26. The van der Waals surface area contributed by atoms with E-state index in [0.29, 0.717) is 17.5 Å². The van der Waals surface area contributed by atoms with E-state index in [4.69, 9.17) is 0 Å². The number of hydrogen-bond donors (Lipinski definition) is 1. The van der Waals surface area contributed by atoms with Crippen molar-refractivity contribution in [3.63, 3.8) is 0 Å². The molecule has 2 aromatic carbocycles. The summed E-state index contributed by atoms with van der Waals surface area (Å²) in [5, 5.41) is 10.7. The first-order valence-corrected chi connectivity index (χ1v) is 6.44. The van der Waals surface area contributed by atoms with E-state index in [-0.39, 0.29) is 24.2 Å². The van der Waals surface area contributed by atoms with Crippen LogP contribution in [0.2, 0.25) is 0 Å². The Morgan fingerprint density at radius 3 is 2.25 bits per heavy atom. The van der Waals surface area contributed by atoms with Crippen LogP contribution in [0.15, 0.2) is 36.4 Å². The van der Waals surface area contributed by atoms with Crippen LogP contribution in [0.25, 0.3) is 0 Å². The van der Waals surface area contributed by atoms with Gasteiger partial charge in [0.1, 0.15) is 17.5 Å². The fourth-order valence-electron chi connectivity index (χ4n) is 2.89. The normalized spacial score (nSPS) is 21.0. The number of aliphatic hydroxyl groups is 1. The van der Waals surface area contributed by atoms with Crippen molar-refractivity contribution in [3.8, 4) is 0 Å². The van der Waals surface area contributed by atoms with Gasteiger partial charge in [-0.1, -0.05) is 18.2 Å². The van der Waals surface area contributed by atoms with E-state index in [1.165, 1.54) is 18.2 Å². The van der Waals surface area contributed by atoms with Crippen LogP contribution in [-0.4, -0.2) is 5.11 Å². The molecule has 1 nitrogen and oxygen atoms in total. The van der Waals surface area contributed by atoms with Crippen molar-refractivity contribution in [1.29, 1.82) is 0 Å². The summed E-state index contributed by atoms with van der Waals surface area (Å²) in [6.45, 7) is 0. The Balaban J connectivity index is 2.03. The van der Waals surface area contributed by atoms with Gasteiger partial charge < -0.3 is 5.11 Å². The molecule has 0 spiro atoms. The highest BCUT2D eigenvalue weighted by atomic mass is 19.1. The predicted molar refractivity (Wildman–Crippen MR) is 68.7 cm³/mol. The van der Waals surface area contributed by atoms with Gasteiger partial charge in [-0.15, -0.1) is 0 Å². The van der Waals surface area contributed by atoms with Gasteiger partial charge in [0, 0.05) is 12.0 Å². The molecule has 3 rings (SSSR count). The predicted octanol–water partition coefficient (Wildman–Crippen LogP) is 3.48. The Bertz CT molecular complexity index is 649. The molecule has 1 aliphatic rings. The van der Waals surface area contributed by atoms with E-state index in [2.05, 4.69) is 0 Å². The number of halogens is 3. The standard InChI is InChI=1S/C16H13F3O/c17-13-4-1-3-12-10(13)7-8-16(12,20)9-11-14(18)5-2-6-15(11)19/h1-6,20H,7-9H2. The Labute approximate surface area is 114 Å². The number of hydrogen-bond acceptors (Lipinski definition) is 1. The van der Waals surface area contributed by atoms with Crippen LogP contribution in [0, 0.1) is 17.5 Å². The van der Waals surface area contributed by atoms with Crippen LogP contribution >= 0.6 is 0 Å². The van der Waals surface area contributed by atoms with Gasteiger partial charge >= 0.3 is 0 Å². The summed E-state index contributed by atoms with van der Waals surface area (Å²) in [7, 11) is 0. The van der Waals surface area contributed by atoms with Crippen molar-refractivity contribution in [1.82, 2.24) is 0 Å². The van der Waals surface area contributed by atoms with E-state index < -0.39 is 17.2 Å². The van der Waals surface area contributed by atoms with Gasteiger partial charge in [0.25, 0.3) is 0 Å². The molecule has 1 atom stereocenters. The van der Waals surface area contributed by atoms with E-state index in [1.54, 1.807) is 6.07 Å². The van der Waals surface area contributed by atoms with Crippen molar-refractivity contribution in [3.05, 3.63) is 70.5 Å². The van der Waals surface area contributed by atoms with Gasteiger partial charge in [-0.3, -0.25) is 0 Å². The van der Waals surface area contributed by atoms with E-state index in [0.717, 1.165) is 12.1 Å². The molecule has 0 aliphatic heterocycles. The summed E-state index contributed by atoms with van der Waals surface area (Å²) in [6.07, 6.45) is 0.438. The van der Waals surface area contributed by atoms with Gasteiger partial charge in [0.15, 0.2) is 0 Å². The number of rotatable bonds is 2. The van der Waals surface area contributed by atoms with E-state index in [9.17, 15) is 18.3 Å². The first kappa shape index (κ1) is 13.2. The third-order valence-corrected chi connectivity index (χ3v) is 3.94. The minimum Gasteiger partial charge on any atom is -0.385 e. The van der Waals surface area contributed by atoms with Crippen LogP contribution in [0.1, 0.15) is 23.1 Å². The highest BCUT2D eigenvalue weighted by molar-refractivity contribution is 5.40. The molecule has 1 N–H and O–H groups in total. The van der Waals surface area contributed by atoms with Crippen molar-refractivity contribution in [2.75, 3.05) is 0 Å². The number of fused-ring (bicyclic) bond motifs is 1. The Morgan fingerprint density at radius 1 is 0.950 bits per heavy atom. The molecule has 0 radical (unpaired) electrons. The van der Waals surface area contributed by atoms with Gasteiger partial charge in [-0.05, 0) is 42.2 Å². The molecule has 104 valence electrons. The maximum atomic E-state index is 13.7. The second-order valence-corrected chi connectivity index (χ2v) is 5.17. The molecule has 0 amide bonds. The quantitative estimate of drug-likeness (QED) is 0.891. The maximum Gasteiger partial charge on any atom is 0.129 e. The van der Waals surface area contributed by atoms with Crippen molar-refractivity contribution < 1.29 is 18.3 Å². The third-order valence-electron chi connectivity index (χ3n) is 3.94. The smallest absolute Gasteiger partial charge is 0.129 e. The largest absolute Gasteiger partial charge is 0.385 e. The van der Waals surface area contributed by atoms with Crippen LogP contribution < -0.4 is 0 Å². The average molecular weight is 278 g/mol. The van der Waals surface area contributed by atoms with Gasteiger partial charge in [-0.2, -0.15) is 0 Å². The molecule has 0 saturated heterocycles. The second kappa shape index (κ2) is 4.63. The minimum atomic E-state index is -1.42. The highest BCUT2D eigenvalue weighted by Crippen LogP contribution is 2.41. The summed E-state index contributed by atoms with van der Waals surface area (Å²) >= 11 is 0. The Morgan fingerprint density at radius 2 is 1.55 bits per heavy atom. The fourth-order valence-corrected chi connectivity index (χ4v) is 2.89. The summed E-state index contributed by atoms with van der Waals surface area (Å²) in [4.78, 5) is 0. The number of benzene rings is 2. The monoisotopic (exact) mass is 278 g/mol. The first-order chi connectivity index (χ1) is 9.51. The van der Waals surface area contributed by atoms with Crippen molar-refractivity contribution >= 4 is 0 Å². The Kier molecular flexibility index (Phi) is 3.05. The molecule has 0 fully saturated rings. The minimum absolute atomic E-state index is 0.160. The zero-order valence-corrected chi connectivity index (χ0v) is 10.7. The second-order valence-electron chi connectivity index (χ2n) is 5.17. The molecular formula is C16H13F3O. The molecule has 4 heteroatoms. The molecule has 0 bridgehead atoms. The zero-order valence-electron chi connectivity index (χ0n) is 10.7. The van der Waals surface area contributed by atoms with Crippen LogP contribution in [0.4, 0.5) is 13.2 Å². The zero-order chi connectivity index (χ0) is 14.3. The summed E-state index contributed by atoms with van der Waals surface area (Å²) < 4.78 is 41.1. The van der Waals surface area contributed by atoms with Crippen molar-refractivity contribution in [2.24, 2.45) is 0 Å². The molecule has 0 heterocycles. The topological polar surface area (TPSA) is 20.2 Å². The maximum absolute atomic E-state index is 13.7. The average Bonchev–Trinajstić information content (AvgIpc) is 2.74. The van der Waals surface area contributed by atoms with Crippen molar-refractivity contribution in [2.45, 2.75) is 24.9 Å². The highest BCUT2D eigenvalue weighted by Gasteiger charge is 2.39. The Hall–Kier alpha value is -1.81. The molecule has 0 saturated carbocycles.